The van der Waals surface area contributed by atoms with Crippen LogP contribution in [0.25, 0.3) is 0 Å². The van der Waals surface area contributed by atoms with Crippen molar-refractivity contribution in [2.45, 2.75) is 19.4 Å². The van der Waals surface area contributed by atoms with Crippen LogP contribution < -0.4 is 10.3 Å². The number of rotatable bonds is 5. The lowest BCUT2D eigenvalue weighted by atomic mass is 9.95. The first-order valence-electron chi connectivity index (χ1n) is 8.50. The molecule has 1 aliphatic heterocycles. The van der Waals surface area contributed by atoms with Crippen molar-refractivity contribution in [3.63, 3.8) is 0 Å². The van der Waals surface area contributed by atoms with Crippen molar-refractivity contribution in [2.75, 3.05) is 16.9 Å². The number of nitrogens with one attached hydrogen (secondary N) is 1. The van der Waals surface area contributed by atoms with Gasteiger partial charge in [0, 0.05) is 5.69 Å². The summed E-state index contributed by atoms with van der Waals surface area (Å²) in [6.45, 7) is 3.23. The number of hydrogen-bond acceptors (Lipinski definition) is 6. The topological polar surface area (TPSA) is 88.1 Å². The number of esters is 1. The fraction of sp³-hybridized carbons (Fsp3) is 0.200. The standard InChI is InChI=1S/C20H19N3O4/c1-3-27-19(26)20(2)17(22-21-14-10-6-4-7-11-14)16(24)18(25)23(20)15-12-8-5-9-13-15/h4-13,21H,3H2,1-2H3/b22-17-. The lowest BCUT2D eigenvalue weighted by molar-refractivity contribution is -0.147. The molecule has 0 aromatic heterocycles. The van der Waals surface area contributed by atoms with Gasteiger partial charge in [-0.05, 0) is 38.1 Å². The van der Waals surface area contributed by atoms with Crippen molar-refractivity contribution in [1.29, 1.82) is 0 Å². The number of amides is 1. The van der Waals surface area contributed by atoms with Crippen molar-refractivity contribution in [2.24, 2.45) is 5.10 Å². The maximum atomic E-state index is 12.8. The number of ketones is 1. The van der Waals surface area contributed by atoms with Crippen LogP contribution in [0.5, 0.6) is 0 Å². The predicted octanol–water partition coefficient (Wildman–Crippen LogP) is 2.39. The molecule has 0 bridgehead atoms. The van der Waals surface area contributed by atoms with Crippen molar-refractivity contribution in [3.05, 3.63) is 60.7 Å². The zero-order chi connectivity index (χ0) is 19.4. The van der Waals surface area contributed by atoms with Crippen LogP contribution in [0.1, 0.15) is 13.8 Å². The monoisotopic (exact) mass is 365 g/mol. The third-order valence-electron chi connectivity index (χ3n) is 4.28. The number of anilines is 2. The SMILES string of the molecule is CCOC(=O)C1(C)/C(=N\Nc2ccccc2)C(=O)C(=O)N1c1ccccc1. The van der Waals surface area contributed by atoms with E-state index in [0.717, 1.165) is 4.90 Å². The number of ether oxygens (including phenoxy) is 1. The van der Waals surface area contributed by atoms with Crippen LogP contribution in [-0.4, -0.2) is 35.5 Å². The van der Waals surface area contributed by atoms with Gasteiger partial charge in [0.25, 0.3) is 5.78 Å². The smallest absolute Gasteiger partial charge is 0.338 e. The second-order valence-electron chi connectivity index (χ2n) is 6.04. The third-order valence-corrected chi connectivity index (χ3v) is 4.28. The zero-order valence-electron chi connectivity index (χ0n) is 15.0. The normalized spacial score (nSPS) is 20.8. The molecule has 7 heteroatoms. The maximum Gasteiger partial charge on any atom is 0.338 e. The summed E-state index contributed by atoms with van der Waals surface area (Å²) in [5.74, 6) is -2.40. The summed E-state index contributed by atoms with van der Waals surface area (Å²) in [5, 5.41) is 4.11. The van der Waals surface area contributed by atoms with Gasteiger partial charge in [-0.25, -0.2) is 4.79 Å². The zero-order valence-corrected chi connectivity index (χ0v) is 15.0. The highest BCUT2D eigenvalue weighted by Gasteiger charge is 2.60. The summed E-state index contributed by atoms with van der Waals surface area (Å²) in [4.78, 5) is 39.3. The number of carbonyl (C=O) groups is 3. The van der Waals surface area contributed by atoms with Crippen LogP contribution in [-0.2, 0) is 19.1 Å². The number of hydrazone groups is 1. The molecule has 0 saturated carbocycles. The van der Waals surface area contributed by atoms with Crippen LogP contribution in [0.3, 0.4) is 0 Å². The Hall–Kier alpha value is -3.48. The molecule has 1 saturated heterocycles. The van der Waals surface area contributed by atoms with Crippen molar-refractivity contribution >= 4 is 34.7 Å². The molecule has 1 fully saturated rings. The first kappa shape index (κ1) is 18.3. The Kier molecular flexibility index (Phi) is 5.03. The van der Waals surface area contributed by atoms with Crippen molar-refractivity contribution in [1.82, 2.24) is 0 Å². The highest BCUT2D eigenvalue weighted by atomic mass is 16.5. The predicted molar refractivity (Wildman–Crippen MR) is 101 cm³/mol. The van der Waals surface area contributed by atoms with E-state index in [1.165, 1.54) is 6.92 Å². The first-order valence-corrected chi connectivity index (χ1v) is 8.50. The Bertz CT molecular complexity index is 896. The van der Waals surface area contributed by atoms with E-state index in [1.54, 1.807) is 61.5 Å². The van der Waals surface area contributed by atoms with E-state index in [2.05, 4.69) is 10.5 Å². The molecule has 0 radical (unpaired) electrons. The number of benzene rings is 2. The summed E-state index contributed by atoms with van der Waals surface area (Å²) >= 11 is 0. The minimum absolute atomic E-state index is 0.110. The first-order chi connectivity index (χ1) is 13.0. The van der Waals surface area contributed by atoms with E-state index < -0.39 is 23.2 Å². The van der Waals surface area contributed by atoms with Gasteiger partial charge >= 0.3 is 11.9 Å². The van der Waals surface area contributed by atoms with Crippen molar-refractivity contribution in [3.8, 4) is 0 Å². The molecule has 138 valence electrons. The number of para-hydroxylation sites is 2. The van der Waals surface area contributed by atoms with Crippen LogP contribution >= 0.6 is 0 Å². The Morgan fingerprint density at radius 2 is 1.67 bits per heavy atom. The molecule has 1 amide bonds. The quantitative estimate of drug-likeness (QED) is 0.499. The number of hydrogen-bond donors (Lipinski definition) is 1. The van der Waals surface area contributed by atoms with E-state index >= 15 is 0 Å². The molecule has 2 aromatic rings. The molecule has 0 spiro atoms. The largest absolute Gasteiger partial charge is 0.464 e. The maximum absolute atomic E-state index is 12.8. The van der Waals surface area contributed by atoms with Gasteiger partial charge in [0.15, 0.2) is 11.3 Å². The van der Waals surface area contributed by atoms with Gasteiger partial charge in [-0.3, -0.25) is 19.9 Å². The lowest BCUT2D eigenvalue weighted by Crippen LogP contribution is -2.55. The van der Waals surface area contributed by atoms with Crippen LogP contribution in [0, 0.1) is 0 Å². The van der Waals surface area contributed by atoms with E-state index in [9.17, 15) is 14.4 Å². The molecule has 1 unspecified atom stereocenters. The molecule has 2 aromatic carbocycles. The summed E-state index contributed by atoms with van der Waals surface area (Å²) in [6, 6.07) is 17.4. The molecular formula is C20H19N3O4. The van der Waals surface area contributed by atoms with E-state index in [4.69, 9.17) is 4.74 Å². The van der Waals surface area contributed by atoms with Gasteiger partial charge < -0.3 is 4.74 Å². The minimum atomic E-state index is -1.67. The molecule has 27 heavy (non-hydrogen) atoms. The van der Waals surface area contributed by atoms with Gasteiger partial charge in [-0.1, -0.05) is 36.4 Å². The highest BCUT2D eigenvalue weighted by molar-refractivity contribution is 6.75. The minimum Gasteiger partial charge on any atom is -0.464 e. The van der Waals surface area contributed by atoms with E-state index in [-0.39, 0.29) is 12.3 Å². The average Bonchev–Trinajstić information content (AvgIpc) is 2.88. The highest BCUT2D eigenvalue weighted by Crippen LogP contribution is 2.33. The fourth-order valence-electron chi connectivity index (χ4n) is 2.94. The number of Topliss-reactive ketones (excluding diaryl/α,β-unsaturated/α-hetero) is 1. The molecule has 7 nitrogen and oxygen atoms in total. The molecule has 0 aliphatic carbocycles. The Labute approximate surface area is 156 Å². The summed E-state index contributed by atoms with van der Waals surface area (Å²) in [6.07, 6.45) is 0. The number of nitrogens with zero attached hydrogens (tertiary/aromatic N) is 2. The van der Waals surface area contributed by atoms with Gasteiger partial charge in [0.1, 0.15) is 0 Å². The van der Waals surface area contributed by atoms with E-state index in [1.807, 2.05) is 6.07 Å². The third kappa shape index (κ3) is 3.19. The molecule has 3 rings (SSSR count). The molecule has 1 atom stereocenters. The molecule has 1 aliphatic rings. The van der Waals surface area contributed by atoms with E-state index in [0.29, 0.717) is 11.4 Å². The molecule has 1 N–H and O–H groups in total. The van der Waals surface area contributed by atoms with Crippen LogP contribution in [0.2, 0.25) is 0 Å². The van der Waals surface area contributed by atoms with Crippen LogP contribution in [0.4, 0.5) is 11.4 Å². The van der Waals surface area contributed by atoms with Gasteiger partial charge in [-0.15, -0.1) is 0 Å². The molecule has 1 heterocycles. The summed E-state index contributed by atoms with van der Waals surface area (Å²) in [7, 11) is 0. The second kappa shape index (κ2) is 7.41. The average molecular weight is 365 g/mol. The van der Waals surface area contributed by atoms with Gasteiger partial charge in [-0.2, -0.15) is 5.10 Å². The van der Waals surface area contributed by atoms with Gasteiger partial charge in [0.2, 0.25) is 0 Å². The second-order valence-corrected chi connectivity index (χ2v) is 6.04. The van der Waals surface area contributed by atoms with Crippen molar-refractivity contribution < 1.29 is 19.1 Å². The Morgan fingerprint density at radius 3 is 2.26 bits per heavy atom. The summed E-state index contributed by atoms with van der Waals surface area (Å²) in [5.41, 5.74) is 1.89. The Morgan fingerprint density at radius 1 is 1.07 bits per heavy atom. The fourth-order valence-corrected chi connectivity index (χ4v) is 2.94. The Balaban J connectivity index is 2.09. The lowest BCUT2D eigenvalue weighted by Gasteiger charge is -2.31. The summed E-state index contributed by atoms with van der Waals surface area (Å²) < 4.78 is 5.17. The number of carbonyl (C=O) groups excluding carboxylic acids is 3. The molecular weight excluding hydrogens is 346 g/mol. The van der Waals surface area contributed by atoms with Crippen LogP contribution in [0.15, 0.2) is 65.8 Å². The van der Waals surface area contributed by atoms with Gasteiger partial charge in [0.05, 0.1) is 12.3 Å².